The molecule has 0 saturated carbocycles. The highest BCUT2D eigenvalue weighted by Crippen LogP contribution is 2.26. The number of nitrogens with two attached hydrogens (primary N) is 4. The standard InChI is InChI=1S/C20H31BrN10.ClH/c1-11-4-12(21)2-3-17(11)26-18-27-19(30-7-13(22)5-14(23)8-30)29-20(28-18)31-9-15(24)6-16(25)10-31;/h2-4,13-16H,5-10,22-25H2,1H3,(H,26,27,28,29);1H/t13-,14+,15-,16+;. The van der Waals surface area contributed by atoms with Crippen molar-refractivity contribution in [2.75, 3.05) is 41.3 Å². The van der Waals surface area contributed by atoms with Gasteiger partial charge in [-0.25, -0.2) is 0 Å². The Kier molecular flexibility index (Phi) is 8.12. The van der Waals surface area contributed by atoms with E-state index in [-0.39, 0.29) is 36.6 Å². The topological polar surface area (TPSA) is 161 Å². The van der Waals surface area contributed by atoms with Crippen LogP contribution in [0.5, 0.6) is 0 Å². The molecule has 2 aliphatic heterocycles. The van der Waals surface area contributed by atoms with E-state index in [1.807, 2.05) is 34.9 Å². The summed E-state index contributed by atoms with van der Waals surface area (Å²) in [6.45, 7) is 4.61. The SMILES string of the molecule is Cc1cc(Br)ccc1Nc1nc(N2C[C@H](N)C[C@H](N)C2)nc(N2C[C@H](N)C[C@H](N)C2)n1.Cl. The minimum atomic E-state index is -0.0223. The van der Waals surface area contributed by atoms with E-state index in [1.165, 1.54) is 0 Å². The summed E-state index contributed by atoms with van der Waals surface area (Å²) in [5, 5.41) is 3.34. The smallest absolute Gasteiger partial charge is 0.233 e. The van der Waals surface area contributed by atoms with Gasteiger partial charge in [-0.2, -0.15) is 15.0 Å². The minimum Gasteiger partial charge on any atom is -0.338 e. The van der Waals surface area contributed by atoms with Gasteiger partial charge >= 0.3 is 0 Å². The number of halogens is 2. The van der Waals surface area contributed by atoms with E-state index in [4.69, 9.17) is 37.9 Å². The molecule has 4 rings (SSSR count). The molecule has 0 amide bonds. The lowest BCUT2D eigenvalue weighted by molar-refractivity contribution is 0.441. The number of rotatable bonds is 4. The Morgan fingerprint density at radius 2 is 1.31 bits per heavy atom. The summed E-state index contributed by atoms with van der Waals surface area (Å²) in [5.74, 6) is 1.58. The molecule has 2 aliphatic rings. The number of anilines is 4. The molecule has 1 aromatic carbocycles. The monoisotopic (exact) mass is 526 g/mol. The van der Waals surface area contributed by atoms with Crippen molar-refractivity contribution in [3.8, 4) is 0 Å². The quantitative estimate of drug-likeness (QED) is 0.385. The number of aryl methyl sites for hydroxylation is 1. The van der Waals surface area contributed by atoms with Gasteiger partial charge in [-0.15, -0.1) is 12.4 Å². The molecule has 0 unspecified atom stereocenters. The number of benzene rings is 1. The van der Waals surface area contributed by atoms with Gasteiger partial charge in [0.25, 0.3) is 0 Å². The Morgan fingerprint density at radius 3 is 1.75 bits per heavy atom. The van der Waals surface area contributed by atoms with Gasteiger partial charge in [-0.05, 0) is 43.5 Å². The van der Waals surface area contributed by atoms with Crippen LogP contribution in [0.15, 0.2) is 22.7 Å². The molecule has 2 saturated heterocycles. The van der Waals surface area contributed by atoms with Crippen LogP contribution in [0.25, 0.3) is 0 Å². The molecule has 32 heavy (non-hydrogen) atoms. The molecule has 10 nitrogen and oxygen atoms in total. The van der Waals surface area contributed by atoms with Gasteiger partial charge in [0, 0.05) is 60.5 Å². The van der Waals surface area contributed by atoms with Gasteiger partial charge in [-0.3, -0.25) is 0 Å². The summed E-state index contributed by atoms with van der Waals surface area (Å²) in [4.78, 5) is 18.2. The van der Waals surface area contributed by atoms with Gasteiger partial charge in [-0.1, -0.05) is 15.9 Å². The minimum absolute atomic E-state index is 0. The van der Waals surface area contributed by atoms with Crippen LogP contribution >= 0.6 is 28.3 Å². The number of nitrogens with one attached hydrogen (secondary N) is 1. The Labute approximate surface area is 203 Å². The molecule has 1 aromatic heterocycles. The predicted molar refractivity (Wildman–Crippen MR) is 135 cm³/mol. The van der Waals surface area contributed by atoms with Crippen molar-refractivity contribution >= 4 is 51.9 Å². The Balaban J connectivity index is 0.00000289. The first-order valence-electron chi connectivity index (χ1n) is 10.6. The van der Waals surface area contributed by atoms with Gasteiger partial charge in [0.05, 0.1) is 0 Å². The van der Waals surface area contributed by atoms with E-state index in [2.05, 4.69) is 21.2 Å². The fraction of sp³-hybridized carbons (Fsp3) is 0.550. The molecular formula is C20H32BrClN10. The molecule has 0 spiro atoms. The molecule has 4 atom stereocenters. The van der Waals surface area contributed by atoms with Crippen LogP contribution in [0.2, 0.25) is 0 Å². The third-order valence-corrected chi connectivity index (χ3v) is 6.14. The van der Waals surface area contributed by atoms with Crippen molar-refractivity contribution in [1.82, 2.24) is 15.0 Å². The maximum atomic E-state index is 6.21. The van der Waals surface area contributed by atoms with Crippen molar-refractivity contribution in [1.29, 1.82) is 0 Å². The zero-order chi connectivity index (χ0) is 22.1. The summed E-state index contributed by atoms with van der Waals surface area (Å²) < 4.78 is 1.01. The van der Waals surface area contributed by atoms with Gasteiger partial charge in [0.15, 0.2) is 0 Å². The summed E-state index contributed by atoms with van der Waals surface area (Å²) in [6.07, 6.45) is 1.57. The molecule has 3 heterocycles. The van der Waals surface area contributed by atoms with E-state index in [0.29, 0.717) is 44.0 Å². The predicted octanol–water partition coefficient (Wildman–Crippen LogP) is 0.837. The molecule has 9 N–H and O–H groups in total. The van der Waals surface area contributed by atoms with Crippen LogP contribution in [-0.2, 0) is 0 Å². The van der Waals surface area contributed by atoms with Gasteiger partial charge in [0.2, 0.25) is 17.8 Å². The maximum absolute atomic E-state index is 6.21. The van der Waals surface area contributed by atoms with E-state index < -0.39 is 0 Å². The zero-order valence-electron chi connectivity index (χ0n) is 18.1. The van der Waals surface area contributed by atoms with Crippen molar-refractivity contribution in [3.05, 3.63) is 28.2 Å². The lowest BCUT2D eigenvalue weighted by Gasteiger charge is -2.37. The second-order valence-corrected chi connectivity index (χ2v) is 9.58. The van der Waals surface area contributed by atoms with E-state index in [9.17, 15) is 0 Å². The largest absolute Gasteiger partial charge is 0.338 e. The highest BCUT2D eigenvalue weighted by molar-refractivity contribution is 9.10. The van der Waals surface area contributed by atoms with Gasteiger partial charge < -0.3 is 38.1 Å². The number of hydrogen-bond acceptors (Lipinski definition) is 10. The van der Waals surface area contributed by atoms with Crippen molar-refractivity contribution in [3.63, 3.8) is 0 Å². The molecular weight excluding hydrogens is 496 g/mol. The van der Waals surface area contributed by atoms with Crippen LogP contribution in [0.1, 0.15) is 18.4 Å². The van der Waals surface area contributed by atoms with Crippen LogP contribution < -0.4 is 38.1 Å². The molecule has 0 bridgehead atoms. The fourth-order valence-electron chi connectivity index (χ4n) is 4.26. The second kappa shape index (κ2) is 10.4. The number of piperidine rings is 2. The third-order valence-electron chi connectivity index (χ3n) is 5.64. The third kappa shape index (κ3) is 5.97. The number of nitrogens with zero attached hydrogens (tertiary/aromatic N) is 5. The molecule has 0 radical (unpaired) electrons. The molecule has 0 aliphatic carbocycles. The molecule has 176 valence electrons. The first-order valence-corrected chi connectivity index (χ1v) is 11.4. The van der Waals surface area contributed by atoms with Crippen molar-refractivity contribution in [2.45, 2.75) is 43.9 Å². The average molecular weight is 528 g/mol. The first-order chi connectivity index (χ1) is 14.8. The number of hydrogen-bond donors (Lipinski definition) is 5. The van der Waals surface area contributed by atoms with Crippen molar-refractivity contribution in [2.24, 2.45) is 22.9 Å². The maximum Gasteiger partial charge on any atom is 0.233 e. The highest BCUT2D eigenvalue weighted by atomic mass is 79.9. The molecule has 2 fully saturated rings. The highest BCUT2D eigenvalue weighted by Gasteiger charge is 2.28. The van der Waals surface area contributed by atoms with Crippen LogP contribution in [0, 0.1) is 6.92 Å². The van der Waals surface area contributed by atoms with Crippen LogP contribution in [0.3, 0.4) is 0 Å². The summed E-state index contributed by atoms with van der Waals surface area (Å²) in [7, 11) is 0. The fourth-order valence-corrected chi connectivity index (χ4v) is 4.74. The van der Waals surface area contributed by atoms with Crippen LogP contribution in [0.4, 0.5) is 23.5 Å². The first kappa shape index (κ1) is 24.9. The van der Waals surface area contributed by atoms with Gasteiger partial charge in [0.1, 0.15) is 0 Å². The lowest BCUT2D eigenvalue weighted by atomic mass is 10.0. The summed E-state index contributed by atoms with van der Waals surface area (Å²) >= 11 is 3.50. The Bertz CT molecular complexity index is 867. The summed E-state index contributed by atoms with van der Waals surface area (Å²) in [6, 6.07) is 5.91. The number of aromatic nitrogens is 3. The lowest BCUT2D eigenvalue weighted by Crippen LogP contribution is -2.54. The van der Waals surface area contributed by atoms with Crippen molar-refractivity contribution < 1.29 is 0 Å². The van der Waals surface area contributed by atoms with E-state index in [0.717, 1.165) is 28.6 Å². The second-order valence-electron chi connectivity index (χ2n) is 8.66. The van der Waals surface area contributed by atoms with E-state index in [1.54, 1.807) is 0 Å². The molecule has 12 heteroatoms. The van der Waals surface area contributed by atoms with E-state index >= 15 is 0 Å². The molecule has 2 aromatic rings. The Morgan fingerprint density at radius 1 is 0.844 bits per heavy atom. The summed E-state index contributed by atoms with van der Waals surface area (Å²) in [5.41, 5.74) is 26.8. The van der Waals surface area contributed by atoms with Crippen LogP contribution in [-0.4, -0.2) is 65.3 Å². The average Bonchev–Trinajstić information content (AvgIpc) is 2.68. The zero-order valence-corrected chi connectivity index (χ0v) is 20.5. The Hall–Kier alpha value is -1.76. The normalized spacial score (nSPS) is 25.9.